The molecule has 2 amide bonds. The molecule has 1 aromatic rings. The molecule has 6 nitrogen and oxygen atoms in total. The zero-order valence-electron chi connectivity index (χ0n) is 9.51. The molecule has 8 heteroatoms. The second kappa shape index (κ2) is 4.77. The molecule has 0 bridgehead atoms. The summed E-state index contributed by atoms with van der Waals surface area (Å²) in [7, 11) is -2.31. The Labute approximate surface area is 113 Å². The average Bonchev–Trinajstić information content (AvgIpc) is 2.76. The number of hydrogen-bond donors (Lipinski definition) is 1. The normalized spacial score (nSPS) is 15.7. The minimum atomic E-state index is -3.80. The number of halogens is 1. The van der Waals surface area contributed by atoms with E-state index in [2.05, 4.69) is 21.2 Å². The maximum Gasteiger partial charge on any atom is 0.331 e. The molecule has 0 unspecified atom stereocenters. The third-order valence-electron chi connectivity index (χ3n) is 2.53. The van der Waals surface area contributed by atoms with Gasteiger partial charge >= 0.3 is 6.03 Å². The number of carbonyl (C=O) groups excluding carboxylic acids is 1. The summed E-state index contributed by atoms with van der Waals surface area (Å²) in [6, 6.07) is 3.76. The van der Waals surface area contributed by atoms with Crippen molar-refractivity contribution in [3.63, 3.8) is 0 Å². The first-order chi connectivity index (χ1) is 8.46. The van der Waals surface area contributed by atoms with Gasteiger partial charge in [-0.05, 0) is 34.1 Å². The smallest absolute Gasteiger partial charge is 0.331 e. The molecule has 2 rings (SSSR count). The highest BCUT2D eigenvalue weighted by Gasteiger charge is 2.33. The molecule has 1 aromatic carbocycles. The highest BCUT2D eigenvalue weighted by Crippen LogP contribution is 2.29. The number of hydrogen-bond acceptors (Lipinski definition) is 4. The molecule has 1 heterocycles. The van der Waals surface area contributed by atoms with Gasteiger partial charge in [-0.2, -0.15) is 0 Å². The summed E-state index contributed by atoms with van der Waals surface area (Å²) < 4.78 is 30.8. The Bertz CT molecular complexity index is 588. The number of ether oxygens (including phenoxy) is 1. The van der Waals surface area contributed by atoms with Crippen LogP contribution in [-0.4, -0.2) is 39.0 Å². The second-order valence-electron chi connectivity index (χ2n) is 3.61. The van der Waals surface area contributed by atoms with Crippen molar-refractivity contribution >= 4 is 32.0 Å². The third kappa shape index (κ3) is 2.17. The van der Waals surface area contributed by atoms with E-state index in [4.69, 9.17) is 4.74 Å². The lowest BCUT2D eigenvalue weighted by Gasteiger charge is -2.15. The van der Waals surface area contributed by atoms with Crippen LogP contribution < -0.4 is 10.1 Å². The number of nitrogens with zero attached hydrogens (tertiary/aromatic N) is 1. The highest BCUT2D eigenvalue weighted by molar-refractivity contribution is 9.10. The zero-order valence-corrected chi connectivity index (χ0v) is 11.9. The first-order valence-corrected chi connectivity index (χ1v) is 7.34. The molecule has 0 aromatic heterocycles. The monoisotopic (exact) mass is 334 g/mol. The molecular weight excluding hydrogens is 324 g/mol. The van der Waals surface area contributed by atoms with Crippen LogP contribution in [0.3, 0.4) is 0 Å². The van der Waals surface area contributed by atoms with E-state index in [1.807, 2.05) is 0 Å². The zero-order chi connectivity index (χ0) is 13.3. The SMILES string of the molecule is COc1ccc(S(=O)(=O)N2CCNC2=O)cc1Br. The van der Waals surface area contributed by atoms with E-state index in [9.17, 15) is 13.2 Å². The summed E-state index contributed by atoms with van der Waals surface area (Å²) in [5, 5.41) is 2.45. The molecule has 18 heavy (non-hydrogen) atoms. The van der Waals surface area contributed by atoms with Gasteiger partial charge in [-0.15, -0.1) is 0 Å². The molecule has 0 radical (unpaired) electrons. The summed E-state index contributed by atoms with van der Waals surface area (Å²) >= 11 is 3.21. The van der Waals surface area contributed by atoms with Crippen molar-refractivity contribution in [1.29, 1.82) is 0 Å². The maximum atomic E-state index is 12.2. The second-order valence-corrected chi connectivity index (χ2v) is 6.32. The summed E-state index contributed by atoms with van der Waals surface area (Å²) in [4.78, 5) is 11.4. The number of methoxy groups -OCH3 is 1. The fourth-order valence-corrected chi connectivity index (χ4v) is 3.69. The first-order valence-electron chi connectivity index (χ1n) is 5.11. The largest absolute Gasteiger partial charge is 0.496 e. The van der Waals surface area contributed by atoms with Gasteiger partial charge in [0.25, 0.3) is 10.0 Å². The number of amides is 2. The van der Waals surface area contributed by atoms with Crippen LogP contribution in [0.25, 0.3) is 0 Å². The standard InChI is InChI=1S/C10H11BrN2O4S/c1-17-9-3-2-7(6-8(9)11)18(15,16)13-5-4-12-10(13)14/h2-3,6H,4-5H2,1H3,(H,12,14). The fraction of sp³-hybridized carbons (Fsp3) is 0.300. The van der Waals surface area contributed by atoms with Crippen LogP contribution in [-0.2, 0) is 10.0 Å². The van der Waals surface area contributed by atoms with Crippen LogP contribution in [0.15, 0.2) is 27.6 Å². The van der Waals surface area contributed by atoms with Crippen molar-refractivity contribution < 1.29 is 17.9 Å². The molecule has 1 aliphatic rings. The third-order valence-corrected chi connectivity index (χ3v) is 4.93. The lowest BCUT2D eigenvalue weighted by Crippen LogP contribution is -2.34. The van der Waals surface area contributed by atoms with Crippen LogP contribution in [0.2, 0.25) is 0 Å². The van der Waals surface area contributed by atoms with E-state index in [0.29, 0.717) is 16.8 Å². The van der Waals surface area contributed by atoms with Crippen LogP contribution in [0.5, 0.6) is 5.75 Å². The molecule has 1 fully saturated rings. The Morgan fingerprint density at radius 3 is 2.67 bits per heavy atom. The van der Waals surface area contributed by atoms with E-state index in [1.54, 1.807) is 0 Å². The summed E-state index contributed by atoms with van der Waals surface area (Å²) in [6.45, 7) is 0.472. The molecule has 0 saturated carbocycles. The predicted octanol–water partition coefficient (Wildman–Crippen LogP) is 1.17. The van der Waals surface area contributed by atoms with Crippen LogP contribution >= 0.6 is 15.9 Å². The van der Waals surface area contributed by atoms with Gasteiger partial charge in [0, 0.05) is 6.54 Å². The van der Waals surface area contributed by atoms with Crippen molar-refractivity contribution in [2.75, 3.05) is 20.2 Å². The Morgan fingerprint density at radius 1 is 1.44 bits per heavy atom. The van der Waals surface area contributed by atoms with Gasteiger partial charge in [0.05, 0.1) is 23.0 Å². The Hall–Kier alpha value is -1.28. The number of carbonyl (C=O) groups is 1. The van der Waals surface area contributed by atoms with Gasteiger partial charge in [0.1, 0.15) is 5.75 Å². The lowest BCUT2D eigenvalue weighted by atomic mass is 10.3. The molecular formula is C10H11BrN2O4S. The average molecular weight is 335 g/mol. The minimum Gasteiger partial charge on any atom is -0.496 e. The number of rotatable bonds is 3. The highest BCUT2D eigenvalue weighted by atomic mass is 79.9. The molecule has 1 N–H and O–H groups in total. The van der Waals surface area contributed by atoms with Crippen molar-refractivity contribution in [2.45, 2.75) is 4.90 Å². The Kier molecular flexibility index (Phi) is 3.49. The van der Waals surface area contributed by atoms with Gasteiger partial charge in [-0.3, -0.25) is 0 Å². The van der Waals surface area contributed by atoms with E-state index in [-0.39, 0.29) is 11.4 Å². The van der Waals surface area contributed by atoms with Gasteiger partial charge in [0.15, 0.2) is 0 Å². The van der Waals surface area contributed by atoms with Crippen molar-refractivity contribution in [1.82, 2.24) is 9.62 Å². The van der Waals surface area contributed by atoms with Gasteiger partial charge in [0.2, 0.25) is 0 Å². The van der Waals surface area contributed by atoms with E-state index >= 15 is 0 Å². The van der Waals surface area contributed by atoms with E-state index < -0.39 is 16.1 Å². The van der Waals surface area contributed by atoms with Crippen LogP contribution in [0.4, 0.5) is 4.79 Å². The summed E-state index contributed by atoms with van der Waals surface area (Å²) in [5.41, 5.74) is 0. The number of benzene rings is 1. The van der Waals surface area contributed by atoms with Gasteiger partial charge in [-0.25, -0.2) is 17.5 Å². The quantitative estimate of drug-likeness (QED) is 0.900. The Balaban J connectivity index is 2.41. The van der Waals surface area contributed by atoms with E-state index in [1.165, 1.54) is 25.3 Å². The molecule has 1 aliphatic heterocycles. The van der Waals surface area contributed by atoms with Crippen LogP contribution in [0.1, 0.15) is 0 Å². The van der Waals surface area contributed by atoms with E-state index in [0.717, 1.165) is 4.31 Å². The van der Waals surface area contributed by atoms with Gasteiger partial charge in [-0.1, -0.05) is 0 Å². The van der Waals surface area contributed by atoms with Crippen molar-refractivity contribution in [2.24, 2.45) is 0 Å². The summed E-state index contributed by atoms with van der Waals surface area (Å²) in [5.74, 6) is 0.528. The maximum absolute atomic E-state index is 12.2. The van der Waals surface area contributed by atoms with Gasteiger partial charge < -0.3 is 10.1 Å². The fourth-order valence-electron chi connectivity index (χ4n) is 1.62. The lowest BCUT2D eigenvalue weighted by molar-refractivity contribution is 0.236. The minimum absolute atomic E-state index is 0.0484. The summed E-state index contributed by atoms with van der Waals surface area (Å²) in [6.07, 6.45) is 0. The molecule has 0 atom stereocenters. The Morgan fingerprint density at radius 2 is 2.17 bits per heavy atom. The first kappa shape index (κ1) is 13.2. The van der Waals surface area contributed by atoms with Crippen molar-refractivity contribution in [3.05, 3.63) is 22.7 Å². The number of nitrogens with one attached hydrogen (secondary N) is 1. The predicted molar refractivity (Wildman–Crippen MR) is 68.0 cm³/mol. The topological polar surface area (TPSA) is 75.7 Å². The van der Waals surface area contributed by atoms with Crippen LogP contribution in [0, 0.1) is 0 Å². The number of sulfonamides is 1. The molecule has 98 valence electrons. The number of urea groups is 1. The van der Waals surface area contributed by atoms with Crippen molar-refractivity contribution in [3.8, 4) is 5.75 Å². The molecule has 0 spiro atoms. The molecule has 0 aliphatic carbocycles. The molecule has 1 saturated heterocycles.